The summed E-state index contributed by atoms with van der Waals surface area (Å²) in [4.78, 5) is 4.71. The predicted octanol–water partition coefficient (Wildman–Crippen LogP) is 16.1. The summed E-state index contributed by atoms with van der Waals surface area (Å²) in [7, 11) is 0. The average Bonchev–Trinajstić information content (AvgIpc) is 3.63. The number of nitrogens with zero attached hydrogens (tertiary/aromatic N) is 2. The molecule has 58 heavy (non-hydrogen) atoms. The van der Waals surface area contributed by atoms with Crippen molar-refractivity contribution in [3.8, 4) is 22.3 Å². The molecule has 0 N–H and O–H groups in total. The van der Waals surface area contributed by atoms with Gasteiger partial charge < -0.3 is 14.2 Å². The van der Waals surface area contributed by atoms with Gasteiger partial charge in [0.25, 0.3) is 0 Å². The van der Waals surface area contributed by atoms with E-state index in [0.717, 1.165) is 50.4 Å². The highest BCUT2D eigenvalue weighted by Gasteiger charge is 2.27. The first-order valence-corrected chi connectivity index (χ1v) is 20.2. The lowest BCUT2D eigenvalue weighted by molar-refractivity contribution is 0.573. The van der Waals surface area contributed by atoms with Crippen LogP contribution in [0.3, 0.4) is 0 Å². The third-order valence-corrected chi connectivity index (χ3v) is 12.0. The van der Waals surface area contributed by atoms with Crippen LogP contribution in [0.5, 0.6) is 0 Å². The highest BCUT2D eigenvalue weighted by molar-refractivity contribution is 6.14. The lowest BCUT2D eigenvalue weighted by atomic mass is 9.78. The molecule has 1 aliphatic rings. The van der Waals surface area contributed by atoms with Gasteiger partial charge in [-0.15, -0.1) is 0 Å². The predicted molar refractivity (Wildman–Crippen MR) is 246 cm³/mol. The van der Waals surface area contributed by atoms with E-state index in [1.807, 2.05) is 0 Å². The first-order chi connectivity index (χ1) is 28.3. The van der Waals surface area contributed by atoms with Crippen molar-refractivity contribution in [1.29, 1.82) is 0 Å². The van der Waals surface area contributed by atoms with Gasteiger partial charge in [-0.05, 0) is 147 Å². The number of hydrogen-bond acceptors (Lipinski definition) is 3. The molecular formula is C55H42N2O. The standard InChI is InChI=1S/C55H42N2O/c1-35-15-11-12-23-51(35)56(40-16-7-5-8-17-40)42-27-25-36-31-46-48(33-38(36)29-42)47-32-37-26-28-43(30-39(37)34-49(46)47)57(41-18-9-6-10-19-41)52-24-14-21-45-44-20-13-22-50(55(2,3)4)53(44)58-54(45)52/h5-34H,1-4H3. The fraction of sp³-hybridized carbons (Fsp3) is 0.0909. The third-order valence-electron chi connectivity index (χ3n) is 12.0. The van der Waals surface area contributed by atoms with Crippen LogP contribution in [0.1, 0.15) is 31.9 Å². The molecular weight excluding hydrogens is 705 g/mol. The van der Waals surface area contributed by atoms with E-state index < -0.39 is 0 Å². The quantitative estimate of drug-likeness (QED) is 0.169. The second-order valence-corrected chi connectivity index (χ2v) is 16.7. The Balaban J connectivity index is 1.01. The first-order valence-electron chi connectivity index (χ1n) is 20.2. The van der Waals surface area contributed by atoms with Gasteiger partial charge in [0, 0.05) is 44.8 Å². The molecule has 278 valence electrons. The average molecular weight is 747 g/mol. The molecule has 1 heterocycles. The topological polar surface area (TPSA) is 19.6 Å². The van der Waals surface area contributed by atoms with Gasteiger partial charge in [0.05, 0.1) is 5.69 Å². The van der Waals surface area contributed by atoms with Crippen molar-refractivity contribution in [2.45, 2.75) is 33.1 Å². The van der Waals surface area contributed by atoms with Gasteiger partial charge in [0.15, 0.2) is 5.58 Å². The normalized spacial score (nSPS) is 12.1. The number of rotatable bonds is 6. The van der Waals surface area contributed by atoms with Crippen LogP contribution in [0.4, 0.5) is 34.1 Å². The monoisotopic (exact) mass is 746 g/mol. The Morgan fingerprint density at radius 3 is 1.40 bits per heavy atom. The lowest BCUT2D eigenvalue weighted by Crippen LogP contribution is -2.11. The van der Waals surface area contributed by atoms with E-state index in [1.165, 1.54) is 60.6 Å². The maximum absolute atomic E-state index is 6.90. The molecule has 0 radical (unpaired) electrons. The summed E-state index contributed by atoms with van der Waals surface area (Å²) >= 11 is 0. The lowest BCUT2D eigenvalue weighted by Gasteiger charge is -2.29. The number of fused-ring (bicyclic) bond motifs is 9. The highest BCUT2D eigenvalue weighted by Crippen LogP contribution is 2.52. The van der Waals surface area contributed by atoms with Gasteiger partial charge in [-0.3, -0.25) is 0 Å². The summed E-state index contributed by atoms with van der Waals surface area (Å²) < 4.78 is 6.90. The Kier molecular flexibility index (Phi) is 7.64. The number of aryl methyl sites for hydroxylation is 1. The molecule has 0 saturated carbocycles. The molecule has 3 nitrogen and oxygen atoms in total. The van der Waals surface area contributed by atoms with Gasteiger partial charge >= 0.3 is 0 Å². The molecule has 0 amide bonds. The largest absolute Gasteiger partial charge is 0.454 e. The molecule has 0 atom stereocenters. The number of para-hydroxylation sites is 5. The second-order valence-electron chi connectivity index (χ2n) is 16.7. The van der Waals surface area contributed by atoms with E-state index in [1.54, 1.807) is 0 Å². The maximum atomic E-state index is 6.90. The Labute approximate surface area is 339 Å². The van der Waals surface area contributed by atoms with E-state index in [4.69, 9.17) is 4.42 Å². The molecule has 0 fully saturated rings. The third kappa shape index (κ3) is 5.42. The van der Waals surface area contributed by atoms with Crippen LogP contribution in [0.15, 0.2) is 186 Å². The molecule has 1 aromatic heterocycles. The number of furan rings is 1. The van der Waals surface area contributed by atoms with Gasteiger partial charge in [-0.25, -0.2) is 0 Å². The Morgan fingerprint density at radius 2 is 0.845 bits per heavy atom. The van der Waals surface area contributed by atoms with Crippen LogP contribution in [-0.4, -0.2) is 0 Å². The Hall–Kier alpha value is -7.10. The first kappa shape index (κ1) is 34.2. The zero-order valence-electron chi connectivity index (χ0n) is 33.1. The summed E-state index contributed by atoms with van der Waals surface area (Å²) in [6, 6.07) is 66.2. The summed E-state index contributed by atoms with van der Waals surface area (Å²) in [6.07, 6.45) is 0. The van der Waals surface area contributed by atoms with E-state index in [-0.39, 0.29) is 5.41 Å². The van der Waals surface area contributed by atoms with Gasteiger partial charge in [0.1, 0.15) is 5.58 Å². The highest BCUT2D eigenvalue weighted by atomic mass is 16.3. The van der Waals surface area contributed by atoms with Crippen molar-refractivity contribution >= 4 is 77.6 Å². The van der Waals surface area contributed by atoms with Crippen LogP contribution in [0.25, 0.3) is 65.7 Å². The number of hydrogen-bond donors (Lipinski definition) is 0. The second kappa shape index (κ2) is 13.0. The molecule has 11 rings (SSSR count). The minimum absolute atomic E-state index is 0.0501. The fourth-order valence-electron chi connectivity index (χ4n) is 9.07. The Bertz CT molecular complexity index is 3230. The molecule has 0 unspecified atom stereocenters. The molecule has 9 aromatic carbocycles. The fourth-order valence-corrected chi connectivity index (χ4v) is 9.07. The molecule has 3 heteroatoms. The molecule has 0 bridgehead atoms. The van der Waals surface area contributed by atoms with Crippen LogP contribution in [0.2, 0.25) is 0 Å². The minimum Gasteiger partial charge on any atom is -0.454 e. The SMILES string of the molecule is Cc1ccccc1N(c1ccccc1)c1ccc2cc3c(cc2c1)-c1cc2ccc(N(c4ccccc4)c4cccc5c4oc4c(C(C)(C)C)cccc45)cc2cc1-3. The zero-order valence-corrected chi connectivity index (χ0v) is 33.1. The van der Waals surface area contributed by atoms with Crippen molar-refractivity contribution in [2.24, 2.45) is 0 Å². The van der Waals surface area contributed by atoms with Gasteiger partial charge in [0.2, 0.25) is 0 Å². The molecule has 10 aromatic rings. The molecule has 1 aliphatic carbocycles. The van der Waals surface area contributed by atoms with Crippen LogP contribution < -0.4 is 9.80 Å². The van der Waals surface area contributed by atoms with Crippen molar-refractivity contribution in [3.63, 3.8) is 0 Å². The zero-order chi connectivity index (χ0) is 39.1. The molecule has 0 aliphatic heterocycles. The number of benzene rings is 9. The van der Waals surface area contributed by atoms with E-state index in [0.29, 0.717) is 0 Å². The van der Waals surface area contributed by atoms with Crippen molar-refractivity contribution < 1.29 is 4.42 Å². The van der Waals surface area contributed by atoms with Crippen molar-refractivity contribution in [1.82, 2.24) is 0 Å². The van der Waals surface area contributed by atoms with Gasteiger partial charge in [-0.1, -0.05) is 118 Å². The van der Waals surface area contributed by atoms with Crippen LogP contribution in [-0.2, 0) is 5.41 Å². The van der Waals surface area contributed by atoms with Crippen molar-refractivity contribution in [2.75, 3.05) is 9.80 Å². The van der Waals surface area contributed by atoms with E-state index in [2.05, 4.69) is 219 Å². The van der Waals surface area contributed by atoms with Gasteiger partial charge in [-0.2, -0.15) is 0 Å². The minimum atomic E-state index is -0.0501. The van der Waals surface area contributed by atoms with Crippen molar-refractivity contribution in [3.05, 3.63) is 193 Å². The maximum Gasteiger partial charge on any atom is 0.159 e. The number of anilines is 6. The van der Waals surface area contributed by atoms with E-state index >= 15 is 0 Å². The molecule has 0 saturated heterocycles. The smallest absolute Gasteiger partial charge is 0.159 e. The summed E-state index contributed by atoms with van der Waals surface area (Å²) in [5.41, 5.74) is 16.2. The summed E-state index contributed by atoms with van der Waals surface area (Å²) in [5, 5.41) is 7.18. The molecule has 0 spiro atoms. The van der Waals surface area contributed by atoms with E-state index in [9.17, 15) is 0 Å². The Morgan fingerprint density at radius 1 is 0.379 bits per heavy atom. The summed E-state index contributed by atoms with van der Waals surface area (Å²) in [6.45, 7) is 8.93. The summed E-state index contributed by atoms with van der Waals surface area (Å²) in [5.74, 6) is 0. The van der Waals surface area contributed by atoms with Crippen LogP contribution >= 0.6 is 0 Å². The van der Waals surface area contributed by atoms with Crippen LogP contribution in [0, 0.1) is 6.92 Å².